The molecule has 20 heavy (non-hydrogen) atoms. The molecule has 0 aliphatic carbocycles. The molecule has 1 aromatic heterocycles. The van der Waals surface area contributed by atoms with E-state index in [1.54, 1.807) is 12.1 Å². The van der Waals surface area contributed by atoms with E-state index >= 15 is 0 Å². The first-order chi connectivity index (χ1) is 9.76. The monoisotopic (exact) mass is 294 g/mol. The molecule has 0 saturated carbocycles. The Labute approximate surface area is 122 Å². The smallest absolute Gasteiger partial charge is 0.146 e. The molecule has 6 heteroatoms. The van der Waals surface area contributed by atoms with Crippen LogP contribution < -0.4 is 10.2 Å². The van der Waals surface area contributed by atoms with Gasteiger partial charge in [-0.25, -0.2) is 4.39 Å². The molecule has 0 saturated heterocycles. The Kier molecular flexibility index (Phi) is 5.29. The first-order valence-electron chi connectivity index (χ1n) is 6.80. The van der Waals surface area contributed by atoms with E-state index < -0.39 is 0 Å². The first kappa shape index (κ1) is 14.7. The number of aromatic nitrogens is 2. The predicted octanol–water partition coefficient (Wildman–Crippen LogP) is 3.53. The number of nitrogens with zero attached hydrogens (tertiary/aromatic N) is 3. The van der Waals surface area contributed by atoms with Gasteiger partial charge in [0, 0.05) is 24.6 Å². The zero-order chi connectivity index (χ0) is 14.4. The molecule has 0 radical (unpaired) electrons. The number of rotatable bonds is 7. The van der Waals surface area contributed by atoms with Crippen molar-refractivity contribution in [2.75, 3.05) is 23.3 Å². The summed E-state index contributed by atoms with van der Waals surface area (Å²) in [7, 11) is 0. The van der Waals surface area contributed by atoms with Crippen LogP contribution >= 0.6 is 11.5 Å². The van der Waals surface area contributed by atoms with Gasteiger partial charge >= 0.3 is 0 Å². The summed E-state index contributed by atoms with van der Waals surface area (Å²) >= 11 is 1.35. The summed E-state index contributed by atoms with van der Waals surface area (Å²) in [5.74, 6) is -0.208. The quantitative estimate of drug-likeness (QED) is 0.848. The van der Waals surface area contributed by atoms with Crippen LogP contribution in [0.2, 0.25) is 0 Å². The molecule has 108 valence electrons. The average molecular weight is 294 g/mol. The van der Waals surface area contributed by atoms with Crippen molar-refractivity contribution in [1.29, 1.82) is 0 Å². The van der Waals surface area contributed by atoms with E-state index in [0.717, 1.165) is 23.7 Å². The van der Waals surface area contributed by atoms with Crippen molar-refractivity contribution in [3.8, 4) is 0 Å². The van der Waals surface area contributed by atoms with Gasteiger partial charge in [-0.15, -0.1) is 5.10 Å². The summed E-state index contributed by atoms with van der Waals surface area (Å²) in [6.45, 7) is 6.28. The lowest BCUT2D eigenvalue weighted by atomic mass is 10.2. The molecule has 0 aliphatic rings. The number of nitrogens with one attached hydrogen (secondary N) is 1. The number of benzene rings is 1. The molecule has 0 fully saturated rings. The Morgan fingerprint density at radius 1 is 1.30 bits per heavy atom. The summed E-state index contributed by atoms with van der Waals surface area (Å²) in [6.07, 6.45) is 1.04. The van der Waals surface area contributed by atoms with Crippen molar-refractivity contribution in [1.82, 2.24) is 9.59 Å². The third kappa shape index (κ3) is 3.45. The van der Waals surface area contributed by atoms with Crippen molar-refractivity contribution < 1.29 is 4.39 Å². The van der Waals surface area contributed by atoms with Crippen molar-refractivity contribution in [2.45, 2.75) is 26.8 Å². The van der Waals surface area contributed by atoms with Crippen LogP contribution in [-0.4, -0.2) is 22.7 Å². The molecule has 0 aliphatic heterocycles. The molecular formula is C14H19FN4S. The molecule has 1 aromatic carbocycles. The van der Waals surface area contributed by atoms with Crippen molar-refractivity contribution in [2.24, 2.45) is 0 Å². The predicted molar refractivity (Wildman–Crippen MR) is 81.8 cm³/mol. The lowest BCUT2D eigenvalue weighted by Crippen LogP contribution is -2.23. The van der Waals surface area contributed by atoms with Gasteiger partial charge in [0.25, 0.3) is 0 Å². The minimum atomic E-state index is -0.208. The minimum Gasteiger partial charge on any atom is -0.374 e. The summed E-state index contributed by atoms with van der Waals surface area (Å²) in [6, 6.07) is 6.81. The summed E-state index contributed by atoms with van der Waals surface area (Å²) < 4.78 is 17.9. The van der Waals surface area contributed by atoms with Crippen LogP contribution in [0.3, 0.4) is 0 Å². The second-order valence-corrected chi connectivity index (χ2v) is 5.20. The molecule has 0 unspecified atom stereocenters. The molecule has 0 spiro atoms. The second kappa shape index (κ2) is 7.19. The Morgan fingerprint density at radius 3 is 2.80 bits per heavy atom. The van der Waals surface area contributed by atoms with Gasteiger partial charge in [-0.1, -0.05) is 23.5 Å². The summed E-state index contributed by atoms with van der Waals surface area (Å²) in [5, 5.41) is 8.44. The standard InChI is InChI=1S/C14H19FN4S/c1-3-9-16-14-12(17-18-20-14)10-19(4-2)13-8-6-5-7-11(13)15/h5-8,16H,3-4,9-10H2,1-2H3. The molecule has 4 nitrogen and oxygen atoms in total. The fourth-order valence-corrected chi connectivity index (χ4v) is 2.54. The van der Waals surface area contributed by atoms with E-state index in [1.165, 1.54) is 17.6 Å². The summed E-state index contributed by atoms with van der Waals surface area (Å²) in [4.78, 5) is 1.96. The fraction of sp³-hybridized carbons (Fsp3) is 0.429. The van der Waals surface area contributed by atoms with Crippen molar-refractivity contribution in [3.05, 3.63) is 35.8 Å². The molecule has 0 atom stereocenters. The van der Waals surface area contributed by atoms with E-state index in [1.807, 2.05) is 17.9 Å². The van der Waals surface area contributed by atoms with Crippen molar-refractivity contribution >= 4 is 22.2 Å². The van der Waals surface area contributed by atoms with Gasteiger partial charge < -0.3 is 10.2 Å². The zero-order valence-electron chi connectivity index (χ0n) is 11.8. The first-order valence-corrected chi connectivity index (χ1v) is 7.58. The van der Waals surface area contributed by atoms with E-state index in [4.69, 9.17) is 0 Å². The third-order valence-electron chi connectivity index (χ3n) is 3.01. The molecule has 1 N–H and O–H groups in total. The molecule has 0 bridgehead atoms. The van der Waals surface area contributed by atoms with Crippen molar-refractivity contribution in [3.63, 3.8) is 0 Å². The topological polar surface area (TPSA) is 41.1 Å². The van der Waals surface area contributed by atoms with Gasteiger partial charge in [0.05, 0.1) is 12.2 Å². The Morgan fingerprint density at radius 2 is 2.10 bits per heavy atom. The number of hydrogen-bond acceptors (Lipinski definition) is 5. The largest absolute Gasteiger partial charge is 0.374 e. The zero-order valence-corrected chi connectivity index (χ0v) is 12.6. The SMILES string of the molecule is CCCNc1snnc1CN(CC)c1ccccc1F. The minimum absolute atomic E-state index is 0.208. The highest BCUT2D eigenvalue weighted by Crippen LogP contribution is 2.24. The van der Waals surface area contributed by atoms with Gasteiger partial charge in [-0.05, 0) is 25.5 Å². The molecule has 0 amide bonds. The van der Waals surface area contributed by atoms with Gasteiger partial charge in [0.2, 0.25) is 0 Å². The van der Waals surface area contributed by atoms with E-state index in [2.05, 4.69) is 21.8 Å². The molecule has 2 rings (SSSR count). The second-order valence-electron chi connectivity index (χ2n) is 4.44. The maximum absolute atomic E-state index is 13.9. The highest BCUT2D eigenvalue weighted by Gasteiger charge is 2.14. The van der Waals surface area contributed by atoms with E-state index in [0.29, 0.717) is 18.8 Å². The van der Waals surface area contributed by atoms with Gasteiger partial charge in [-0.2, -0.15) is 0 Å². The maximum Gasteiger partial charge on any atom is 0.146 e. The van der Waals surface area contributed by atoms with Crippen LogP contribution in [0.15, 0.2) is 24.3 Å². The Bertz CT molecular complexity index is 543. The normalized spacial score (nSPS) is 10.6. The van der Waals surface area contributed by atoms with Crippen LogP contribution in [0.4, 0.5) is 15.1 Å². The van der Waals surface area contributed by atoms with E-state index in [9.17, 15) is 4.39 Å². The van der Waals surface area contributed by atoms with Crippen LogP contribution in [0.1, 0.15) is 26.0 Å². The highest BCUT2D eigenvalue weighted by molar-refractivity contribution is 7.10. The van der Waals surface area contributed by atoms with E-state index in [-0.39, 0.29) is 5.82 Å². The molecule has 1 heterocycles. The van der Waals surface area contributed by atoms with Gasteiger partial charge in [0.1, 0.15) is 16.5 Å². The lowest BCUT2D eigenvalue weighted by molar-refractivity contribution is 0.617. The maximum atomic E-state index is 13.9. The number of hydrogen-bond donors (Lipinski definition) is 1. The number of para-hydroxylation sites is 1. The van der Waals surface area contributed by atoms with Crippen LogP contribution in [0, 0.1) is 5.82 Å². The van der Waals surface area contributed by atoms with Crippen LogP contribution in [-0.2, 0) is 6.54 Å². The van der Waals surface area contributed by atoms with Crippen LogP contribution in [0.25, 0.3) is 0 Å². The highest BCUT2D eigenvalue weighted by atomic mass is 32.1. The van der Waals surface area contributed by atoms with Gasteiger partial charge in [-0.3, -0.25) is 0 Å². The van der Waals surface area contributed by atoms with Crippen LogP contribution in [0.5, 0.6) is 0 Å². The molecular weight excluding hydrogens is 275 g/mol. The Balaban J connectivity index is 2.15. The molecule has 2 aromatic rings. The number of anilines is 2. The number of halogens is 1. The summed E-state index contributed by atoms with van der Waals surface area (Å²) in [5.41, 5.74) is 1.47. The fourth-order valence-electron chi connectivity index (χ4n) is 1.94. The third-order valence-corrected chi connectivity index (χ3v) is 3.73. The van der Waals surface area contributed by atoms with Gasteiger partial charge in [0.15, 0.2) is 0 Å². The lowest BCUT2D eigenvalue weighted by Gasteiger charge is -2.22. The Hall–Kier alpha value is -1.69. The average Bonchev–Trinajstić information content (AvgIpc) is 2.90.